The molecule has 0 saturated carbocycles. The summed E-state index contributed by atoms with van der Waals surface area (Å²) in [6, 6.07) is 74.0. The Balaban J connectivity index is 1.10. The molecule has 236 valence electrons. The molecule has 50 heavy (non-hydrogen) atoms. The Morgan fingerprint density at radius 3 is 1.44 bits per heavy atom. The number of fused-ring (bicyclic) bond motifs is 3. The summed E-state index contributed by atoms with van der Waals surface area (Å²) in [7, 11) is 0. The van der Waals surface area contributed by atoms with Crippen molar-refractivity contribution in [3.05, 3.63) is 206 Å². The number of para-hydroxylation sites is 4. The van der Waals surface area contributed by atoms with E-state index in [1.54, 1.807) is 0 Å². The van der Waals surface area contributed by atoms with Crippen molar-refractivity contribution in [2.75, 3.05) is 4.90 Å². The molecule has 0 radical (unpaired) electrons. The van der Waals surface area contributed by atoms with Gasteiger partial charge < -0.3 is 9.47 Å². The van der Waals surface area contributed by atoms with Crippen molar-refractivity contribution in [1.29, 1.82) is 0 Å². The maximum Gasteiger partial charge on any atom is 0.0541 e. The van der Waals surface area contributed by atoms with Gasteiger partial charge in [-0.05, 0) is 82.4 Å². The largest absolute Gasteiger partial charge is 0.310 e. The summed E-state index contributed by atoms with van der Waals surface area (Å²) in [5.41, 5.74) is 14.1. The molecule has 9 aromatic rings. The predicted octanol–water partition coefficient (Wildman–Crippen LogP) is 13.3. The van der Waals surface area contributed by atoms with Gasteiger partial charge in [-0.2, -0.15) is 0 Å². The van der Waals surface area contributed by atoms with E-state index in [0.29, 0.717) is 0 Å². The van der Waals surface area contributed by atoms with E-state index >= 15 is 0 Å². The first-order valence-electron chi connectivity index (χ1n) is 17.1. The molecule has 0 fully saturated rings. The molecule has 2 nitrogen and oxygen atoms in total. The molecule has 9 rings (SSSR count). The van der Waals surface area contributed by atoms with E-state index in [1.165, 1.54) is 60.9 Å². The Kier molecular flexibility index (Phi) is 7.53. The van der Waals surface area contributed by atoms with Gasteiger partial charge in [-0.25, -0.2) is 0 Å². The molecule has 2 heteroatoms. The molecule has 0 atom stereocenters. The van der Waals surface area contributed by atoms with Crippen LogP contribution in [0.1, 0.15) is 0 Å². The lowest BCUT2D eigenvalue weighted by molar-refractivity contribution is 1.18. The zero-order valence-corrected chi connectivity index (χ0v) is 27.5. The van der Waals surface area contributed by atoms with Gasteiger partial charge in [-0.1, -0.05) is 152 Å². The summed E-state index contributed by atoms with van der Waals surface area (Å²) < 4.78 is 2.40. The van der Waals surface area contributed by atoms with Crippen LogP contribution in [-0.2, 0) is 0 Å². The maximum absolute atomic E-state index is 2.40. The van der Waals surface area contributed by atoms with Gasteiger partial charge in [0.1, 0.15) is 0 Å². The van der Waals surface area contributed by atoms with E-state index in [9.17, 15) is 0 Å². The van der Waals surface area contributed by atoms with Crippen LogP contribution in [0.4, 0.5) is 17.1 Å². The van der Waals surface area contributed by atoms with Crippen LogP contribution in [-0.4, -0.2) is 4.57 Å². The highest BCUT2D eigenvalue weighted by Gasteiger charge is 2.17. The highest BCUT2D eigenvalue weighted by Crippen LogP contribution is 2.40. The number of hydrogen-bond donors (Lipinski definition) is 0. The van der Waals surface area contributed by atoms with Crippen LogP contribution in [0.3, 0.4) is 0 Å². The zero-order valence-electron chi connectivity index (χ0n) is 27.5. The molecule has 0 aliphatic rings. The van der Waals surface area contributed by atoms with Gasteiger partial charge in [-0.15, -0.1) is 0 Å². The van der Waals surface area contributed by atoms with Gasteiger partial charge in [0.05, 0.1) is 16.7 Å². The van der Waals surface area contributed by atoms with E-state index in [2.05, 4.69) is 216 Å². The third-order valence-corrected chi connectivity index (χ3v) is 9.61. The molecule has 1 heterocycles. The molecule has 0 N–H and O–H groups in total. The average molecular weight is 639 g/mol. The van der Waals surface area contributed by atoms with Crippen LogP contribution in [0.5, 0.6) is 0 Å². The quantitative estimate of drug-likeness (QED) is 0.169. The summed E-state index contributed by atoms with van der Waals surface area (Å²) in [4.78, 5) is 2.34. The van der Waals surface area contributed by atoms with E-state index in [-0.39, 0.29) is 0 Å². The maximum atomic E-state index is 2.40. The summed E-state index contributed by atoms with van der Waals surface area (Å²) in [5.74, 6) is 0. The standard InChI is InChI=1S/C48H34N2/c1-3-14-35(15-4-1)36-26-28-37(29-27-36)39-16-13-19-42(34-39)49(40-17-5-2-6-18-40)41-32-30-38(31-33-41)43-20-7-10-23-46(43)50-47-24-11-8-21-44(47)45-22-9-12-25-48(45)50/h1-34H. The summed E-state index contributed by atoms with van der Waals surface area (Å²) in [6.45, 7) is 0. The fourth-order valence-electron chi connectivity index (χ4n) is 7.22. The van der Waals surface area contributed by atoms with Crippen LogP contribution in [0, 0.1) is 0 Å². The van der Waals surface area contributed by atoms with E-state index in [1.807, 2.05) is 0 Å². The van der Waals surface area contributed by atoms with E-state index < -0.39 is 0 Å². The number of rotatable bonds is 7. The van der Waals surface area contributed by atoms with E-state index in [4.69, 9.17) is 0 Å². The highest BCUT2D eigenvalue weighted by molar-refractivity contribution is 6.09. The molecule has 0 aliphatic heterocycles. The van der Waals surface area contributed by atoms with E-state index in [0.717, 1.165) is 17.1 Å². The molecule has 0 bridgehead atoms. The molecule has 0 unspecified atom stereocenters. The van der Waals surface area contributed by atoms with Gasteiger partial charge in [0.15, 0.2) is 0 Å². The Bertz CT molecular complexity index is 2510. The SMILES string of the molecule is c1ccc(-c2ccc(-c3cccc(N(c4ccccc4)c4ccc(-c5ccccc5-n5c6ccccc6c6ccccc65)cc4)c3)cc2)cc1. The number of hydrogen-bond acceptors (Lipinski definition) is 1. The monoisotopic (exact) mass is 638 g/mol. The predicted molar refractivity (Wildman–Crippen MR) is 212 cm³/mol. The molecular formula is C48H34N2. The third kappa shape index (κ3) is 5.34. The van der Waals surface area contributed by atoms with Crippen molar-refractivity contribution in [3.63, 3.8) is 0 Å². The first kappa shape index (κ1) is 29.5. The van der Waals surface area contributed by atoms with Gasteiger partial charge >= 0.3 is 0 Å². The molecule has 1 aromatic heterocycles. The Morgan fingerprint density at radius 1 is 0.300 bits per heavy atom. The van der Waals surface area contributed by atoms with Crippen LogP contribution in [0.15, 0.2) is 206 Å². The molecule has 0 amide bonds. The number of benzene rings is 8. The highest BCUT2D eigenvalue weighted by atomic mass is 15.1. The zero-order chi connectivity index (χ0) is 33.3. The third-order valence-electron chi connectivity index (χ3n) is 9.61. The van der Waals surface area contributed by atoms with Crippen molar-refractivity contribution < 1.29 is 0 Å². The minimum absolute atomic E-state index is 1.10. The molecule has 0 saturated heterocycles. The minimum Gasteiger partial charge on any atom is -0.310 e. The summed E-state index contributed by atoms with van der Waals surface area (Å²) in [5, 5.41) is 2.53. The normalized spacial score (nSPS) is 11.2. The lowest BCUT2D eigenvalue weighted by atomic mass is 9.99. The van der Waals surface area contributed by atoms with Gasteiger partial charge in [0.25, 0.3) is 0 Å². The summed E-state index contributed by atoms with van der Waals surface area (Å²) in [6.07, 6.45) is 0. The molecule has 0 spiro atoms. The minimum atomic E-state index is 1.10. The first-order chi connectivity index (χ1) is 24.8. The Hall–Kier alpha value is -6.64. The first-order valence-corrected chi connectivity index (χ1v) is 17.1. The van der Waals surface area contributed by atoms with Crippen LogP contribution >= 0.6 is 0 Å². The number of nitrogens with zero attached hydrogens (tertiary/aromatic N) is 2. The Morgan fingerprint density at radius 2 is 0.760 bits per heavy atom. The van der Waals surface area contributed by atoms with Crippen molar-refractivity contribution in [2.45, 2.75) is 0 Å². The van der Waals surface area contributed by atoms with Gasteiger partial charge in [0, 0.05) is 33.4 Å². The van der Waals surface area contributed by atoms with Crippen LogP contribution in [0.25, 0.3) is 60.9 Å². The number of anilines is 3. The molecule has 0 aliphatic carbocycles. The molecule has 8 aromatic carbocycles. The second-order valence-electron chi connectivity index (χ2n) is 12.6. The lowest BCUT2D eigenvalue weighted by Crippen LogP contribution is -2.09. The summed E-state index contributed by atoms with van der Waals surface area (Å²) >= 11 is 0. The second kappa shape index (κ2) is 12.8. The fraction of sp³-hybridized carbons (Fsp3) is 0. The smallest absolute Gasteiger partial charge is 0.0541 e. The Labute approximate surface area is 292 Å². The van der Waals surface area contributed by atoms with Crippen LogP contribution in [0.2, 0.25) is 0 Å². The van der Waals surface area contributed by atoms with Crippen molar-refractivity contribution >= 4 is 38.9 Å². The lowest BCUT2D eigenvalue weighted by Gasteiger charge is -2.26. The number of aromatic nitrogens is 1. The average Bonchev–Trinajstić information content (AvgIpc) is 3.54. The topological polar surface area (TPSA) is 8.17 Å². The van der Waals surface area contributed by atoms with Gasteiger partial charge in [-0.3, -0.25) is 0 Å². The van der Waals surface area contributed by atoms with Crippen molar-refractivity contribution in [2.24, 2.45) is 0 Å². The van der Waals surface area contributed by atoms with Gasteiger partial charge in [0.2, 0.25) is 0 Å². The van der Waals surface area contributed by atoms with Crippen LogP contribution < -0.4 is 4.90 Å². The molecular weight excluding hydrogens is 605 g/mol. The fourth-order valence-corrected chi connectivity index (χ4v) is 7.22. The van der Waals surface area contributed by atoms with Crippen molar-refractivity contribution in [1.82, 2.24) is 4.57 Å². The van der Waals surface area contributed by atoms with Crippen molar-refractivity contribution in [3.8, 4) is 39.1 Å². The second-order valence-corrected chi connectivity index (χ2v) is 12.6.